The highest BCUT2D eigenvalue weighted by Crippen LogP contribution is 2.09. The average Bonchev–Trinajstić information content (AvgIpc) is 2.67. The lowest BCUT2D eigenvalue weighted by molar-refractivity contribution is -0.157. The fraction of sp³-hybridized carbons (Fsp3) is 0.263. The molecule has 7 nitrogen and oxygen atoms in total. The minimum Gasteiger partial charge on any atom is -0.468 e. The summed E-state index contributed by atoms with van der Waals surface area (Å²) in [4.78, 5) is 43.1. The van der Waals surface area contributed by atoms with Crippen LogP contribution in [0.3, 0.4) is 0 Å². The van der Waals surface area contributed by atoms with Crippen LogP contribution in [0.4, 0.5) is 0 Å². The largest absolute Gasteiger partial charge is 0.468 e. The molecule has 1 fully saturated rings. The molecular formula is C19H19N3O4. The predicted molar refractivity (Wildman–Crippen MR) is 93.2 cm³/mol. The first-order chi connectivity index (χ1) is 12.6. The molecule has 0 bridgehead atoms. The van der Waals surface area contributed by atoms with Crippen LogP contribution in [0.25, 0.3) is 0 Å². The third-order valence-corrected chi connectivity index (χ3v) is 4.06. The quantitative estimate of drug-likeness (QED) is 0.721. The molecule has 1 aromatic carbocycles. The van der Waals surface area contributed by atoms with Gasteiger partial charge in [-0.2, -0.15) is 0 Å². The number of ether oxygens (including phenoxy) is 1. The summed E-state index contributed by atoms with van der Waals surface area (Å²) in [6.45, 7) is -0.189. The number of carbonyl (C=O) groups is 3. The van der Waals surface area contributed by atoms with Gasteiger partial charge in [-0.05, 0) is 18.1 Å². The SMILES string of the molecule is O=C(COc1ccccn1)N1CC(=O)N(CCc2ccccc2)C(=O)C1. The Morgan fingerprint density at radius 3 is 2.35 bits per heavy atom. The standard InChI is InChI=1S/C19H19N3O4/c23-17-12-21(19(25)14-26-16-8-4-5-10-20-16)13-18(24)22(17)11-9-15-6-2-1-3-7-15/h1-8,10H,9,11-14H2. The molecule has 1 aliphatic rings. The van der Waals surface area contributed by atoms with Crippen molar-refractivity contribution < 1.29 is 19.1 Å². The molecule has 0 unspecified atom stereocenters. The van der Waals surface area contributed by atoms with Crippen LogP contribution < -0.4 is 4.74 Å². The molecule has 0 spiro atoms. The lowest BCUT2D eigenvalue weighted by atomic mass is 10.1. The Morgan fingerprint density at radius 1 is 1.00 bits per heavy atom. The fourth-order valence-electron chi connectivity index (χ4n) is 2.66. The van der Waals surface area contributed by atoms with Gasteiger partial charge < -0.3 is 9.64 Å². The highest BCUT2D eigenvalue weighted by Gasteiger charge is 2.33. The summed E-state index contributed by atoms with van der Waals surface area (Å²) in [5, 5.41) is 0. The summed E-state index contributed by atoms with van der Waals surface area (Å²) in [5.41, 5.74) is 1.05. The van der Waals surface area contributed by atoms with Gasteiger partial charge in [0.2, 0.25) is 17.7 Å². The van der Waals surface area contributed by atoms with Gasteiger partial charge in [0, 0.05) is 18.8 Å². The van der Waals surface area contributed by atoms with Crippen molar-refractivity contribution in [3.63, 3.8) is 0 Å². The second kappa shape index (κ2) is 8.24. The van der Waals surface area contributed by atoms with Crippen molar-refractivity contribution in [2.45, 2.75) is 6.42 Å². The Labute approximate surface area is 151 Å². The van der Waals surface area contributed by atoms with Gasteiger partial charge in [-0.1, -0.05) is 36.4 Å². The van der Waals surface area contributed by atoms with Crippen molar-refractivity contribution in [1.82, 2.24) is 14.8 Å². The first kappa shape index (κ1) is 17.6. The second-order valence-electron chi connectivity index (χ2n) is 5.88. The maximum atomic E-state index is 12.3. The molecule has 0 N–H and O–H groups in total. The Hall–Kier alpha value is -3.22. The van der Waals surface area contributed by atoms with Crippen LogP contribution in [0, 0.1) is 0 Å². The first-order valence-electron chi connectivity index (χ1n) is 8.32. The van der Waals surface area contributed by atoms with Crippen molar-refractivity contribution in [2.24, 2.45) is 0 Å². The molecular weight excluding hydrogens is 334 g/mol. The van der Waals surface area contributed by atoms with Crippen molar-refractivity contribution in [2.75, 3.05) is 26.2 Å². The minimum atomic E-state index is -0.417. The topological polar surface area (TPSA) is 79.8 Å². The van der Waals surface area contributed by atoms with E-state index >= 15 is 0 Å². The lowest BCUT2D eigenvalue weighted by Crippen LogP contribution is -2.56. The van der Waals surface area contributed by atoms with Crippen molar-refractivity contribution in [1.29, 1.82) is 0 Å². The number of hydrogen-bond acceptors (Lipinski definition) is 5. The average molecular weight is 353 g/mol. The second-order valence-corrected chi connectivity index (χ2v) is 5.88. The minimum absolute atomic E-state index is 0.120. The van der Waals surface area contributed by atoms with Gasteiger partial charge in [0.25, 0.3) is 5.91 Å². The molecule has 3 amide bonds. The summed E-state index contributed by atoms with van der Waals surface area (Å²) in [6, 6.07) is 14.7. The lowest BCUT2D eigenvalue weighted by Gasteiger charge is -2.32. The van der Waals surface area contributed by atoms with Gasteiger partial charge >= 0.3 is 0 Å². The number of carbonyl (C=O) groups excluding carboxylic acids is 3. The van der Waals surface area contributed by atoms with Gasteiger partial charge in [0.1, 0.15) is 13.1 Å². The first-order valence-corrected chi connectivity index (χ1v) is 8.32. The number of aromatic nitrogens is 1. The number of amides is 3. The number of imide groups is 1. The Kier molecular flexibility index (Phi) is 5.58. The molecule has 134 valence electrons. The fourth-order valence-corrected chi connectivity index (χ4v) is 2.66. The normalized spacial score (nSPS) is 14.5. The smallest absolute Gasteiger partial charge is 0.261 e. The Balaban J connectivity index is 1.51. The number of pyridine rings is 1. The van der Waals surface area contributed by atoms with Crippen LogP contribution >= 0.6 is 0 Å². The molecule has 3 rings (SSSR count). The maximum absolute atomic E-state index is 12.3. The predicted octanol–water partition coefficient (Wildman–Crippen LogP) is 0.900. The number of nitrogens with zero attached hydrogens (tertiary/aromatic N) is 3. The zero-order valence-electron chi connectivity index (χ0n) is 14.2. The molecule has 7 heteroatoms. The van der Waals surface area contributed by atoms with Crippen molar-refractivity contribution in [3.8, 4) is 5.88 Å². The summed E-state index contributed by atoms with van der Waals surface area (Å²) in [5.74, 6) is -0.841. The maximum Gasteiger partial charge on any atom is 0.261 e. The molecule has 2 aromatic rings. The zero-order chi connectivity index (χ0) is 18.4. The van der Waals surface area contributed by atoms with Gasteiger partial charge in [-0.3, -0.25) is 19.3 Å². The van der Waals surface area contributed by atoms with Crippen LogP contribution in [0.1, 0.15) is 5.56 Å². The van der Waals surface area contributed by atoms with Gasteiger partial charge in [-0.15, -0.1) is 0 Å². The number of hydrogen-bond donors (Lipinski definition) is 0. The summed E-state index contributed by atoms with van der Waals surface area (Å²) in [7, 11) is 0. The molecule has 26 heavy (non-hydrogen) atoms. The van der Waals surface area contributed by atoms with E-state index in [4.69, 9.17) is 4.74 Å². The van der Waals surface area contributed by atoms with Gasteiger partial charge in [0.15, 0.2) is 6.61 Å². The molecule has 0 aliphatic carbocycles. The molecule has 2 heterocycles. The highest BCUT2D eigenvalue weighted by molar-refractivity contribution is 6.02. The monoisotopic (exact) mass is 353 g/mol. The zero-order valence-corrected chi connectivity index (χ0v) is 14.2. The van der Waals surface area contributed by atoms with Gasteiger partial charge in [0.05, 0.1) is 0 Å². The van der Waals surface area contributed by atoms with Crippen LogP contribution in [-0.4, -0.2) is 58.7 Å². The van der Waals surface area contributed by atoms with E-state index in [2.05, 4.69) is 4.98 Å². The van der Waals surface area contributed by atoms with Crippen LogP contribution in [0.2, 0.25) is 0 Å². The molecule has 1 saturated heterocycles. The van der Waals surface area contributed by atoms with Gasteiger partial charge in [-0.25, -0.2) is 4.98 Å². The summed E-state index contributed by atoms with van der Waals surface area (Å²) in [6.07, 6.45) is 2.15. The number of piperazine rings is 1. The highest BCUT2D eigenvalue weighted by atomic mass is 16.5. The number of benzene rings is 1. The van der Waals surface area contributed by atoms with E-state index in [1.165, 1.54) is 9.80 Å². The number of rotatable bonds is 6. The molecule has 1 aromatic heterocycles. The van der Waals surface area contributed by atoms with E-state index < -0.39 is 5.91 Å². The summed E-state index contributed by atoms with van der Waals surface area (Å²) >= 11 is 0. The van der Waals surface area contributed by atoms with E-state index in [-0.39, 0.29) is 31.5 Å². The van der Waals surface area contributed by atoms with Crippen molar-refractivity contribution >= 4 is 17.7 Å². The van der Waals surface area contributed by atoms with E-state index in [1.807, 2.05) is 30.3 Å². The van der Waals surface area contributed by atoms with Crippen LogP contribution in [0.15, 0.2) is 54.7 Å². The Morgan fingerprint density at radius 2 is 1.69 bits per heavy atom. The molecule has 0 saturated carbocycles. The molecule has 1 aliphatic heterocycles. The van der Waals surface area contributed by atoms with E-state index in [1.54, 1.807) is 24.4 Å². The third kappa shape index (κ3) is 4.44. The molecule has 0 radical (unpaired) electrons. The van der Waals surface area contributed by atoms with Crippen molar-refractivity contribution in [3.05, 3.63) is 60.3 Å². The Bertz CT molecular complexity index is 762. The molecule has 0 atom stereocenters. The summed E-state index contributed by atoms with van der Waals surface area (Å²) < 4.78 is 5.29. The third-order valence-electron chi connectivity index (χ3n) is 4.06. The van der Waals surface area contributed by atoms with Crippen LogP contribution in [-0.2, 0) is 20.8 Å². The van der Waals surface area contributed by atoms with E-state index in [0.29, 0.717) is 18.8 Å². The van der Waals surface area contributed by atoms with E-state index in [9.17, 15) is 14.4 Å². The van der Waals surface area contributed by atoms with Crippen LogP contribution in [0.5, 0.6) is 5.88 Å². The van der Waals surface area contributed by atoms with E-state index in [0.717, 1.165) is 5.56 Å².